The maximum absolute atomic E-state index is 14.4. The molecule has 0 spiro atoms. The van der Waals surface area contributed by atoms with Gasteiger partial charge in [-0.05, 0) is 12.1 Å². The summed E-state index contributed by atoms with van der Waals surface area (Å²) in [6.07, 6.45) is 1.35. The van der Waals surface area contributed by atoms with Gasteiger partial charge in [0.05, 0.1) is 23.7 Å². The van der Waals surface area contributed by atoms with E-state index < -0.39 is 21.9 Å². The van der Waals surface area contributed by atoms with E-state index in [2.05, 4.69) is 9.82 Å². The molecule has 0 aliphatic carbocycles. The number of hydrazone groups is 1. The van der Waals surface area contributed by atoms with E-state index in [4.69, 9.17) is 0 Å². The lowest BCUT2D eigenvalue weighted by Crippen LogP contribution is -2.31. The van der Waals surface area contributed by atoms with Crippen molar-refractivity contribution >= 4 is 27.3 Å². The van der Waals surface area contributed by atoms with Crippen LogP contribution in [0.3, 0.4) is 0 Å². The molecule has 6 nitrogen and oxygen atoms in total. The van der Waals surface area contributed by atoms with Gasteiger partial charge >= 0.3 is 0 Å². The van der Waals surface area contributed by atoms with Gasteiger partial charge in [0.25, 0.3) is 0 Å². The molecule has 0 bridgehead atoms. The lowest BCUT2D eigenvalue weighted by Gasteiger charge is -2.23. The largest absolute Gasteiger partial charge is 0.283 e. The van der Waals surface area contributed by atoms with Crippen LogP contribution in [0.15, 0.2) is 53.6 Å². The maximum atomic E-state index is 14.4. The van der Waals surface area contributed by atoms with E-state index in [0.29, 0.717) is 22.5 Å². The third-order valence-corrected chi connectivity index (χ3v) is 5.02. The standard InChI is InChI=1S/C20H22FN3O3S/c1-13(2)20(25)24-19(14-8-4-6-10-16(14)21)12-18(22-24)15-9-5-7-11-17(15)23-28(3,26)27/h4-11,13,19,23H,12H2,1-3H3/t19-/m1/s1. The van der Waals surface area contributed by atoms with Crippen molar-refractivity contribution in [1.29, 1.82) is 0 Å². The number of hydrogen-bond acceptors (Lipinski definition) is 4. The number of hydrogen-bond donors (Lipinski definition) is 1. The summed E-state index contributed by atoms with van der Waals surface area (Å²) in [6.45, 7) is 3.51. The highest BCUT2D eigenvalue weighted by Gasteiger charge is 2.36. The van der Waals surface area contributed by atoms with Crippen LogP contribution in [0, 0.1) is 11.7 Å². The minimum Gasteiger partial charge on any atom is -0.283 e. The van der Waals surface area contributed by atoms with E-state index in [9.17, 15) is 17.6 Å². The molecule has 2 aromatic carbocycles. The number of para-hydroxylation sites is 1. The van der Waals surface area contributed by atoms with E-state index in [0.717, 1.165) is 6.26 Å². The predicted molar refractivity (Wildman–Crippen MR) is 107 cm³/mol. The topological polar surface area (TPSA) is 78.8 Å². The Bertz CT molecular complexity index is 1030. The number of rotatable bonds is 5. The fraction of sp³-hybridized carbons (Fsp3) is 0.300. The van der Waals surface area contributed by atoms with E-state index in [1.54, 1.807) is 56.3 Å². The van der Waals surface area contributed by atoms with Crippen molar-refractivity contribution in [2.24, 2.45) is 11.0 Å². The first-order valence-corrected chi connectivity index (χ1v) is 10.8. The van der Waals surface area contributed by atoms with Crippen LogP contribution in [0.1, 0.15) is 37.4 Å². The molecule has 1 aliphatic heterocycles. The smallest absolute Gasteiger partial charge is 0.245 e. The van der Waals surface area contributed by atoms with Gasteiger partial charge < -0.3 is 0 Å². The van der Waals surface area contributed by atoms with Gasteiger partial charge in [0.15, 0.2) is 0 Å². The number of carbonyl (C=O) groups excluding carboxylic acids is 1. The Labute approximate surface area is 164 Å². The Morgan fingerprint density at radius 1 is 1.18 bits per heavy atom. The highest BCUT2D eigenvalue weighted by molar-refractivity contribution is 7.92. The fourth-order valence-corrected chi connectivity index (χ4v) is 3.73. The molecule has 3 rings (SSSR count). The summed E-state index contributed by atoms with van der Waals surface area (Å²) in [5, 5.41) is 5.78. The van der Waals surface area contributed by atoms with Gasteiger partial charge in [-0.1, -0.05) is 50.2 Å². The number of benzene rings is 2. The third kappa shape index (κ3) is 4.22. The lowest BCUT2D eigenvalue weighted by molar-refractivity contribution is -0.136. The second kappa shape index (κ2) is 7.71. The van der Waals surface area contributed by atoms with Crippen LogP contribution < -0.4 is 4.72 Å². The number of amides is 1. The molecule has 1 N–H and O–H groups in total. The summed E-state index contributed by atoms with van der Waals surface area (Å²) >= 11 is 0. The fourth-order valence-electron chi connectivity index (χ4n) is 3.15. The van der Waals surface area contributed by atoms with Crippen LogP contribution in [-0.4, -0.2) is 31.3 Å². The minimum absolute atomic E-state index is 0.225. The van der Waals surface area contributed by atoms with Crippen LogP contribution >= 0.6 is 0 Å². The average Bonchev–Trinajstić information content (AvgIpc) is 3.05. The summed E-state index contributed by atoms with van der Waals surface area (Å²) in [5.41, 5.74) is 1.83. The number of sulfonamides is 1. The van der Waals surface area contributed by atoms with Crippen LogP contribution in [0.25, 0.3) is 0 Å². The van der Waals surface area contributed by atoms with Gasteiger partial charge in [-0.2, -0.15) is 5.10 Å². The van der Waals surface area contributed by atoms with Crippen molar-refractivity contribution in [3.05, 3.63) is 65.5 Å². The molecule has 0 unspecified atom stereocenters. The maximum Gasteiger partial charge on any atom is 0.245 e. The molecule has 0 radical (unpaired) electrons. The molecule has 0 fully saturated rings. The monoisotopic (exact) mass is 403 g/mol. The van der Waals surface area contributed by atoms with E-state index in [1.807, 2.05) is 0 Å². The molecule has 0 aromatic heterocycles. The zero-order valence-corrected chi connectivity index (χ0v) is 16.7. The predicted octanol–water partition coefficient (Wildman–Crippen LogP) is 3.53. The van der Waals surface area contributed by atoms with Crippen LogP contribution in [-0.2, 0) is 14.8 Å². The Morgan fingerprint density at radius 3 is 2.46 bits per heavy atom. The summed E-state index contributed by atoms with van der Waals surface area (Å²) in [7, 11) is -3.49. The molecule has 148 valence electrons. The molecule has 2 aromatic rings. The first-order valence-electron chi connectivity index (χ1n) is 8.89. The van der Waals surface area contributed by atoms with Crippen LogP contribution in [0.4, 0.5) is 10.1 Å². The second-order valence-electron chi connectivity index (χ2n) is 7.05. The Balaban J connectivity index is 2.05. The van der Waals surface area contributed by atoms with Crippen molar-refractivity contribution < 1.29 is 17.6 Å². The number of halogens is 1. The average molecular weight is 403 g/mol. The first kappa shape index (κ1) is 20.0. The van der Waals surface area contributed by atoms with Gasteiger partial charge in [-0.25, -0.2) is 17.8 Å². The molecule has 28 heavy (non-hydrogen) atoms. The lowest BCUT2D eigenvalue weighted by atomic mass is 9.97. The SMILES string of the molecule is CC(C)C(=O)N1N=C(c2ccccc2NS(C)(=O)=O)C[C@@H]1c1ccccc1F. The normalized spacial score (nSPS) is 17.0. The van der Waals surface area contributed by atoms with Crippen LogP contribution in [0.2, 0.25) is 0 Å². The quantitative estimate of drug-likeness (QED) is 0.829. The van der Waals surface area contributed by atoms with Crippen molar-refractivity contribution in [3.63, 3.8) is 0 Å². The van der Waals surface area contributed by atoms with Crippen molar-refractivity contribution in [2.75, 3.05) is 11.0 Å². The molecule has 0 saturated carbocycles. The molecule has 1 aliphatic rings. The second-order valence-corrected chi connectivity index (χ2v) is 8.79. The molecular weight excluding hydrogens is 381 g/mol. The van der Waals surface area contributed by atoms with Crippen molar-refractivity contribution in [2.45, 2.75) is 26.3 Å². The van der Waals surface area contributed by atoms with Crippen molar-refractivity contribution in [1.82, 2.24) is 5.01 Å². The van der Waals surface area contributed by atoms with Crippen LogP contribution in [0.5, 0.6) is 0 Å². The Hall–Kier alpha value is -2.74. The molecular formula is C20H22FN3O3S. The summed E-state index contributed by atoms with van der Waals surface area (Å²) < 4.78 is 40.3. The van der Waals surface area contributed by atoms with Gasteiger partial charge in [-0.3, -0.25) is 9.52 Å². The van der Waals surface area contributed by atoms with Gasteiger partial charge in [0.1, 0.15) is 5.82 Å². The molecule has 0 saturated heterocycles. The van der Waals surface area contributed by atoms with E-state index >= 15 is 0 Å². The number of nitrogens with one attached hydrogen (secondary N) is 1. The van der Waals surface area contributed by atoms with Crippen molar-refractivity contribution in [3.8, 4) is 0 Å². The van der Waals surface area contributed by atoms with Gasteiger partial charge in [-0.15, -0.1) is 0 Å². The highest BCUT2D eigenvalue weighted by atomic mass is 32.2. The molecule has 8 heteroatoms. The number of carbonyl (C=O) groups is 1. The van der Waals surface area contributed by atoms with Gasteiger partial charge in [0.2, 0.25) is 15.9 Å². The zero-order chi connectivity index (χ0) is 20.5. The summed E-state index contributed by atoms with van der Waals surface area (Å²) in [6, 6.07) is 12.5. The molecule has 1 atom stereocenters. The Kier molecular flexibility index (Phi) is 5.51. The van der Waals surface area contributed by atoms with E-state index in [-0.39, 0.29) is 18.2 Å². The first-order chi connectivity index (χ1) is 13.2. The van der Waals surface area contributed by atoms with Gasteiger partial charge in [0, 0.05) is 23.5 Å². The minimum atomic E-state index is -3.49. The summed E-state index contributed by atoms with van der Waals surface area (Å²) in [5.74, 6) is -0.952. The number of anilines is 1. The summed E-state index contributed by atoms with van der Waals surface area (Å²) in [4.78, 5) is 12.7. The van der Waals surface area contributed by atoms with E-state index in [1.165, 1.54) is 11.1 Å². The zero-order valence-electron chi connectivity index (χ0n) is 15.9. The number of nitrogens with zero attached hydrogens (tertiary/aromatic N) is 2. The Morgan fingerprint density at radius 2 is 1.82 bits per heavy atom. The molecule has 1 heterocycles. The molecule has 1 amide bonds. The third-order valence-electron chi connectivity index (χ3n) is 4.43. The highest BCUT2D eigenvalue weighted by Crippen LogP contribution is 2.36.